The first kappa shape index (κ1) is 24.1. The van der Waals surface area contributed by atoms with E-state index in [2.05, 4.69) is 0 Å². The van der Waals surface area contributed by atoms with Gasteiger partial charge in [0.05, 0.1) is 20.3 Å². The van der Waals surface area contributed by atoms with Crippen molar-refractivity contribution >= 4 is 11.8 Å². The second-order valence-electron chi connectivity index (χ2n) is 7.79. The number of methoxy groups -OCH3 is 2. The van der Waals surface area contributed by atoms with Crippen LogP contribution in [0.5, 0.6) is 5.75 Å². The van der Waals surface area contributed by atoms with E-state index in [4.69, 9.17) is 9.47 Å². The molecule has 0 aliphatic heterocycles. The van der Waals surface area contributed by atoms with E-state index >= 15 is 0 Å². The number of amides is 2. The molecule has 0 atom stereocenters. The molecule has 0 bridgehead atoms. The summed E-state index contributed by atoms with van der Waals surface area (Å²) in [6.45, 7) is 1.53. The van der Waals surface area contributed by atoms with Gasteiger partial charge in [-0.15, -0.1) is 0 Å². The highest BCUT2D eigenvalue weighted by Gasteiger charge is 2.23. The van der Waals surface area contributed by atoms with E-state index in [1.54, 1.807) is 43.4 Å². The van der Waals surface area contributed by atoms with Crippen molar-refractivity contribution in [1.82, 2.24) is 14.4 Å². The molecule has 0 saturated carbocycles. The number of ether oxygens (including phenoxy) is 2. The van der Waals surface area contributed by atoms with Crippen molar-refractivity contribution < 1.29 is 19.1 Å². The van der Waals surface area contributed by atoms with Crippen LogP contribution in [0.15, 0.2) is 72.9 Å². The molecule has 3 aromatic rings. The van der Waals surface area contributed by atoms with E-state index in [1.807, 2.05) is 60.3 Å². The summed E-state index contributed by atoms with van der Waals surface area (Å²) in [5.41, 5.74) is 2.55. The molecule has 1 aromatic heterocycles. The lowest BCUT2D eigenvalue weighted by Crippen LogP contribution is -2.43. The van der Waals surface area contributed by atoms with Crippen molar-refractivity contribution in [2.45, 2.75) is 13.1 Å². The summed E-state index contributed by atoms with van der Waals surface area (Å²) in [4.78, 5) is 30.0. The first-order valence-corrected chi connectivity index (χ1v) is 10.9. The highest BCUT2D eigenvalue weighted by atomic mass is 16.5. The number of nitrogens with zero attached hydrogens (tertiary/aromatic N) is 3. The molecule has 33 heavy (non-hydrogen) atoms. The Kier molecular flexibility index (Phi) is 8.66. The lowest BCUT2D eigenvalue weighted by molar-refractivity contribution is -0.133. The van der Waals surface area contributed by atoms with Crippen LogP contribution >= 0.6 is 0 Å². The van der Waals surface area contributed by atoms with Gasteiger partial charge in [0.1, 0.15) is 12.3 Å². The molecular weight excluding hydrogens is 418 g/mol. The van der Waals surface area contributed by atoms with Crippen molar-refractivity contribution in [3.05, 3.63) is 89.7 Å². The molecular formula is C26H31N3O4. The largest absolute Gasteiger partial charge is 0.497 e. The Bertz CT molecular complexity index is 1030. The van der Waals surface area contributed by atoms with Crippen molar-refractivity contribution in [3.8, 4) is 5.75 Å². The monoisotopic (exact) mass is 449 g/mol. The van der Waals surface area contributed by atoms with Gasteiger partial charge < -0.3 is 23.8 Å². The van der Waals surface area contributed by atoms with Gasteiger partial charge in [-0.2, -0.15) is 0 Å². The molecule has 2 amide bonds. The Morgan fingerprint density at radius 1 is 0.879 bits per heavy atom. The molecule has 1 heterocycles. The van der Waals surface area contributed by atoms with Gasteiger partial charge in [0, 0.05) is 44.7 Å². The quantitative estimate of drug-likeness (QED) is 0.450. The minimum Gasteiger partial charge on any atom is -0.497 e. The Morgan fingerprint density at radius 2 is 1.61 bits per heavy atom. The van der Waals surface area contributed by atoms with Gasteiger partial charge in [-0.05, 0) is 42.0 Å². The van der Waals surface area contributed by atoms with Crippen molar-refractivity contribution in [3.63, 3.8) is 0 Å². The number of hydrogen-bond acceptors (Lipinski definition) is 4. The van der Waals surface area contributed by atoms with Crippen LogP contribution in [0.25, 0.3) is 0 Å². The maximum Gasteiger partial charge on any atom is 0.254 e. The van der Waals surface area contributed by atoms with Gasteiger partial charge in [0.15, 0.2) is 0 Å². The maximum atomic E-state index is 13.5. The topological polar surface area (TPSA) is 64.0 Å². The summed E-state index contributed by atoms with van der Waals surface area (Å²) in [6, 6.07) is 20.7. The Morgan fingerprint density at radius 3 is 2.21 bits per heavy atom. The molecule has 0 saturated heterocycles. The highest BCUT2D eigenvalue weighted by molar-refractivity contribution is 5.96. The van der Waals surface area contributed by atoms with Crippen LogP contribution in [0.3, 0.4) is 0 Å². The van der Waals surface area contributed by atoms with Crippen molar-refractivity contribution in [1.29, 1.82) is 0 Å². The number of benzene rings is 2. The molecule has 0 N–H and O–H groups in total. The molecule has 0 unspecified atom stereocenters. The standard InChI is InChI=1S/C26H31N3O4/c1-27-15-7-10-23(27)19-29(18-21-8-5-4-6-9-21)25(30)20-28(16-17-32-2)26(31)22-11-13-24(33-3)14-12-22/h4-15H,16-20H2,1-3H3. The number of aromatic nitrogens is 1. The van der Waals surface area contributed by atoms with Crippen LogP contribution in [0.1, 0.15) is 21.6 Å². The Balaban J connectivity index is 1.80. The molecule has 3 rings (SSSR count). The average molecular weight is 450 g/mol. The fourth-order valence-corrected chi connectivity index (χ4v) is 3.53. The minimum atomic E-state index is -0.221. The number of aryl methyl sites for hydroxylation is 1. The molecule has 0 spiro atoms. The third-order valence-corrected chi connectivity index (χ3v) is 5.49. The highest BCUT2D eigenvalue weighted by Crippen LogP contribution is 2.15. The van der Waals surface area contributed by atoms with Crippen LogP contribution in [-0.4, -0.2) is 60.1 Å². The molecule has 174 valence electrons. The third-order valence-electron chi connectivity index (χ3n) is 5.49. The molecule has 7 heteroatoms. The Labute approximate surface area is 195 Å². The fourth-order valence-electron chi connectivity index (χ4n) is 3.53. The summed E-state index contributed by atoms with van der Waals surface area (Å²) >= 11 is 0. The smallest absolute Gasteiger partial charge is 0.254 e. The predicted molar refractivity (Wildman–Crippen MR) is 127 cm³/mol. The second kappa shape index (κ2) is 11.9. The summed E-state index contributed by atoms with van der Waals surface area (Å²) in [7, 11) is 5.11. The van der Waals surface area contributed by atoms with E-state index in [9.17, 15) is 9.59 Å². The van der Waals surface area contributed by atoms with Crippen LogP contribution in [0.2, 0.25) is 0 Å². The lowest BCUT2D eigenvalue weighted by atomic mass is 10.1. The molecule has 2 aromatic carbocycles. The van der Waals surface area contributed by atoms with E-state index in [-0.39, 0.29) is 18.4 Å². The summed E-state index contributed by atoms with van der Waals surface area (Å²) < 4.78 is 12.4. The van der Waals surface area contributed by atoms with Crippen LogP contribution < -0.4 is 4.74 Å². The van der Waals surface area contributed by atoms with E-state index in [0.717, 1.165) is 11.3 Å². The van der Waals surface area contributed by atoms with Gasteiger partial charge in [-0.3, -0.25) is 9.59 Å². The first-order chi connectivity index (χ1) is 16.0. The SMILES string of the molecule is COCCN(CC(=O)N(Cc1ccccc1)Cc1cccn1C)C(=O)c1ccc(OC)cc1. The number of rotatable bonds is 11. The third kappa shape index (κ3) is 6.70. The molecule has 0 radical (unpaired) electrons. The average Bonchev–Trinajstić information content (AvgIpc) is 3.25. The molecule has 7 nitrogen and oxygen atoms in total. The van der Waals surface area contributed by atoms with E-state index in [0.29, 0.717) is 37.6 Å². The van der Waals surface area contributed by atoms with Gasteiger partial charge in [-0.25, -0.2) is 0 Å². The van der Waals surface area contributed by atoms with E-state index in [1.165, 1.54) is 4.90 Å². The van der Waals surface area contributed by atoms with Crippen LogP contribution in [-0.2, 0) is 29.7 Å². The van der Waals surface area contributed by atoms with Crippen LogP contribution in [0.4, 0.5) is 0 Å². The van der Waals surface area contributed by atoms with Gasteiger partial charge >= 0.3 is 0 Å². The molecule has 0 aliphatic rings. The molecule has 0 aliphatic carbocycles. The summed E-state index contributed by atoms with van der Waals surface area (Å²) in [6.07, 6.45) is 1.96. The Hall–Kier alpha value is -3.58. The zero-order valence-electron chi connectivity index (χ0n) is 19.4. The minimum absolute atomic E-state index is 0.0362. The number of hydrogen-bond donors (Lipinski definition) is 0. The van der Waals surface area contributed by atoms with E-state index < -0.39 is 0 Å². The number of carbonyl (C=O) groups excluding carboxylic acids is 2. The van der Waals surface area contributed by atoms with Crippen molar-refractivity contribution in [2.24, 2.45) is 7.05 Å². The predicted octanol–water partition coefficient (Wildman–Crippen LogP) is 3.35. The van der Waals surface area contributed by atoms with Gasteiger partial charge in [-0.1, -0.05) is 30.3 Å². The van der Waals surface area contributed by atoms with Gasteiger partial charge in [0.2, 0.25) is 5.91 Å². The zero-order valence-corrected chi connectivity index (χ0v) is 19.4. The number of carbonyl (C=O) groups is 2. The van der Waals surface area contributed by atoms with Crippen molar-refractivity contribution in [2.75, 3.05) is 33.9 Å². The van der Waals surface area contributed by atoms with Gasteiger partial charge in [0.25, 0.3) is 5.91 Å². The first-order valence-electron chi connectivity index (χ1n) is 10.9. The molecule has 0 fully saturated rings. The second-order valence-corrected chi connectivity index (χ2v) is 7.79. The maximum absolute atomic E-state index is 13.5. The summed E-state index contributed by atoms with van der Waals surface area (Å²) in [5.74, 6) is 0.322. The summed E-state index contributed by atoms with van der Waals surface area (Å²) in [5, 5.41) is 0. The zero-order chi connectivity index (χ0) is 23.6. The lowest BCUT2D eigenvalue weighted by Gasteiger charge is -2.28. The normalized spacial score (nSPS) is 10.6. The fraction of sp³-hybridized carbons (Fsp3) is 0.308. The van der Waals surface area contributed by atoms with Crippen LogP contribution in [0, 0.1) is 0 Å².